The first-order chi connectivity index (χ1) is 11.2. The van der Waals surface area contributed by atoms with Crippen molar-refractivity contribution in [1.29, 1.82) is 0 Å². The van der Waals surface area contributed by atoms with E-state index in [-0.39, 0.29) is 11.7 Å². The SMILES string of the molecule is COCc1cc(N2CCN(C(=O)OC(C)(C)C)CC2)c(=O)n(C)c1. The Balaban J connectivity index is 2.07. The number of aromatic nitrogens is 1. The van der Waals surface area contributed by atoms with E-state index in [0.717, 1.165) is 5.56 Å². The van der Waals surface area contributed by atoms with Crippen molar-refractivity contribution in [2.24, 2.45) is 7.05 Å². The van der Waals surface area contributed by atoms with Gasteiger partial charge >= 0.3 is 6.09 Å². The first-order valence-electron chi connectivity index (χ1n) is 8.12. The lowest BCUT2D eigenvalue weighted by Gasteiger charge is -2.36. The summed E-state index contributed by atoms with van der Waals surface area (Å²) in [5, 5.41) is 0. The second-order valence-corrected chi connectivity index (χ2v) is 7.04. The second-order valence-electron chi connectivity index (χ2n) is 7.04. The summed E-state index contributed by atoms with van der Waals surface area (Å²) >= 11 is 0. The fourth-order valence-electron chi connectivity index (χ4n) is 2.69. The van der Waals surface area contributed by atoms with E-state index in [1.54, 1.807) is 29.8 Å². The first-order valence-corrected chi connectivity index (χ1v) is 8.12. The summed E-state index contributed by atoms with van der Waals surface area (Å²) in [6.07, 6.45) is 1.48. The maximum absolute atomic E-state index is 12.4. The van der Waals surface area contributed by atoms with Crippen LogP contribution in [0.4, 0.5) is 10.5 Å². The van der Waals surface area contributed by atoms with E-state index in [0.29, 0.717) is 38.5 Å². The number of aryl methyl sites for hydroxylation is 1. The molecule has 0 bridgehead atoms. The molecule has 134 valence electrons. The van der Waals surface area contributed by atoms with Crippen molar-refractivity contribution in [2.75, 3.05) is 38.2 Å². The highest BCUT2D eigenvalue weighted by atomic mass is 16.6. The molecule has 1 fully saturated rings. The molecule has 0 aliphatic carbocycles. The van der Waals surface area contributed by atoms with Gasteiger partial charge in [-0.05, 0) is 32.4 Å². The third kappa shape index (κ3) is 4.50. The number of amides is 1. The number of hydrogen-bond donors (Lipinski definition) is 0. The van der Waals surface area contributed by atoms with Crippen molar-refractivity contribution in [1.82, 2.24) is 9.47 Å². The average Bonchev–Trinajstić information content (AvgIpc) is 2.49. The van der Waals surface area contributed by atoms with Crippen LogP contribution in [-0.4, -0.2) is 54.5 Å². The van der Waals surface area contributed by atoms with Crippen molar-refractivity contribution >= 4 is 11.8 Å². The Kier molecular flexibility index (Phi) is 5.54. The van der Waals surface area contributed by atoms with Crippen molar-refractivity contribution in [3.8, 4) is 0 Å². The number of methoxy groups -OCH3 is 1. The highest BCUT2D eigenvalue weighted by molar-refractivity contribution is 5.68. The number of hydrogen-bond acceptors (Lipinski definition) is 5. The van der Waals surface area contributed by atoms with Gasteiger partial charge in [-0.15, -0.1) is 0 Å². The minimum atomic E-state index is -0.501. The molecule has 7 nitrogen and oxygen atoms in total. The van der Waals surface area contributed by atoms with Crippen molar-refractivity contribution in [2.45, 2.75) is 33.0 Å². The van der Waals surface area contributed by atoms with Gasteiger partial charge in [-0.2, -0.15) is 0 Å². The lowest BCUT2D eigenvalue weighted by Crippen LogP contribution is -2.51. The number of piperazine rings is 1. The van der Waals surface area contributed by atoms with Gasteiger partial charge in [0.05, 0.1) is 6.61 Å². The van der Waals surface area contributed by atoms with Crippen molar-refractivity contribution < 1.29 is 14.3 Å². The normalized spacial score (nSPS) is 15.5. The minimum absolute atomic E-state index is 0.0411. The number of ether oxygens (including phenoxy) is 2. The van der Waals surface area contributed by atoms with E-state index in [1.807, 2.05) is 31.7 Å². The number of rotatable bonds is 3. The van der Waals surface area contributed by atoms with Crippen LogP contribution in [0.2, 0.25) is 0 Å². The quantitative estimate of drug-likeness (QED) is 0.838. The van der Waals surface area contributed by atoms with Crippen LogP contribution in [0, 0.1) is 0 Å². The standard InChI is InChI=1S/C17H27N3O4/c1-17(2,3)24-16(22)20-8-6-19(7-9-20)14-10-13(12-23-5)11-18(4)15(14)21/h10-11H,6-9,12H2,1-5H3. The van der Waals surface area contributed by atoms with E-state index in [1.165, 1.54) is 0 Å². The number of pyridine rings is 1. The maximum atomic E-state index is 12.4. The van der Waals surface area contributed by atoms with Crippen molar-refractivity contribution in [3.63, 3.8) is 0 Å². The summed E-state index contributed by atoms with van der Waals surface area (Å²) in [5.41, 5.74) is 1.05. The fraction of sp³-hybridized carbons (Fsp3) is 0.647. The molecule has 7 heteroatoms. The topological polar surface area (TPSA) is 64.0 Å². The molecule has 0 saturated carbocycles. The molecule has 0 radical (unpaired) electrons. The van der Waals surface area contributed by atoms with Crippen LogP contribution in [-0.2, 0) is 23.1 Å². The molecule has 24 heavy (non-hydrogen) atoms. The minimum Gasteiger partial charge on any atom is -0.444 e. The molecule has 0 unspecified atom stereocenters. The maximum Gasteiger partial charge on any atom is 0.410 e. The molecule has 1 saturated heterocycles. The van der Waals surface area contributed by atoms with Crippen LogP contribution in [0.3, 0.4) is 0 Å². The van der Waals surface area contributed by atoms with E-state index < -0.39 is 5.60 Å². The Morgan fingerprint density at radius 1 is 1.21 bits per heavy atom. The Morgan fingerprint density at radius 2 is 1.83 bits per heavy atom. The summed E-state index contributed by atoms with van der Waals surface area (Å²) in [7, 11) is 3.37. The molecule has 1 amide bonds. The summed E-state index contributed by atoms with van der Waals surface area (Å²) in [4.78, 5) is 28.2. The molecular weight excluding hydrogens is 310 g/mol. The van der Waals surface area contributed by atoms with E-state index in [4.69, 9.17) is 9.47 Å². The van der Waals surface area contributed by atoms with Crippen LogP contribution >= 0.6 is 0 Å². The second kappa shape index (κ2) is 7.25. The van der Waals surface area contributed by atoms with Crippen LogP contribution < -0.4 is 10.5 Å². The molecule has 2 heterocycles. The summed E-state index contributed by atoms with van der Waals surface area (Å²) in [6, 6.07) is 1.87. The number of carbonyl (C=O) groups excluding carboxylic acids is 1. The van der Waals surface area contributed by atoms with Crippen LogP contribution in [0.25, 0.3) is 0 Å². The Labute approximate surface area is 142 Å². The Bertz CT molecular complexity index is 640. The summed E-state index contributed by atoms with van der Waals surface area (Å²) < 4.78 is 12.1. The van der Waals surface area contributed by atoms with Crippen LogP contribution in [0.1, 0.15) is 26.3 Å². The Morgan fingerprint density at radius 3 is 2.38 bits per heavy atom. The van der Waals surface area contributed by atoms with Gasteiger partial charge in [-0.1, -0.05) is 0 Å². The first kappa shape index (κ1) is 18.3. The number of carbonyl (C=O) groups is 1. The largest absolute Gasteiger partial charge is 0.444 e. The van der Waals surface area contributed by atoms with Gasteiger partial charge in [-0.3, -0.25) is 4.79 Å². The highest BCUT2D eigenvalue weighted by Gasteiger charge is 2.27. The van der Waals surface area contributed by atoms with E-state index in [2.05, 4.69) is 0 Å². The lowest BCUT2D eigenvalue weighted by atomic mass is 10.2. The van der Waals surface area contributed by atoms with Crippen molar-refractivity contribution in [3.05, 3.63) is 28.2 Å². The van der Waals surface area contributed by atoms with Gasteiger partial charge in [0, 0.05) is 46.5 Å². The smallest absolute Gasteiger partial charge is 0.410 e. The van der Waals surface area contributed by atoms with Crippen LogP contribution in [0.5, 0.6) is 0 Å². The molecular formula is C17H27N3O4. The predicted octanol–water partition coefficient (Wildman–Crippen LogP) is 1.59. The van der Waals surface area contributed by atoms with Crippen LogP contribution in [0.15, 0.2) is 17.1 Å². The molecule has 0 atom stereocenters. The highest BCUT2D eigenvalue weighted by Crippen LogP contribution is 2.16. The summed E-state index contributed by atoms with van der Waals surface area (Å²) in [5.74, 6) is 0. The zero-order valence-corrected chi connectivity index (χ0v) is 15.2. The lowest BCUT2D eigenvalue weighted by molar-refractivity contribution is 0.0240. The predicted molar refractivity (Wildman–Crippen MR) is 92.4 cm³/mol. The molecule has 1 aromatic rings. The third-order valence-electron chi connectivity index (χ3n) is 3.80. The number of nitrogens with zero attached hydrogens (tertiary/aromatic N) is 3. The van der Waals surface area contributed by atoms with Gasteiger partial charge in [0.25, 0.3) is 5.56 Å². The monoisotopic (exact) mass is 337 g/mol. The van der Waals surface area contributed by atoms with E-state index in [9.17, 15) is 9.59 Å². The zero-order valence-electron chi connectivity index (χ0n) is 15.2. The van der Waals surface area contributed by atoms with Gasteiger partial charge < -0.3 is 23.8 Å². The fourth-order valence-corrected chi connectivity index (χ4v) is 2.69. The van der Waals surface area contributed by atoms with Gasteiger partial charge in [0.1, 0.15) is 11.3 Å². The molecule has 0 aromatic carbocycles. The Hall–Kier alpha value is -2.02. The molecule has 0 spiro atoms. The third-order valence-corrected chi connectivity index (χ3v) is 3.80. The number of anilines is 1. The van der Waals surface area contributed by atoms with E-state index >= 15 is 0 Å². The van der Waals surface area contributed by atoms with Gasteiger partial charge in [0.2, 0.25) is 0 Å². The zero-order chi connectivity index (χ0) is 17.9. The summed E-state index contributed by atoms with van der Waals surface area (Å²) in [6.45, 7) is 8.29. The average molecular weight is 337 g/mol. The molecule has 1 aromatic heterocycles. The molecule has 2 rings (SSSR count). The molecule has 1 aliphatic heterocycles. The molecule has 1 aliphatic rings. The van der Waals surface area contributed by atoms with Gasteiger partial charge in [0.15, 0.2) is 0 Å². The van der Waals surface area contributed by atoms with Gasteiger partial charge in [-0.25, -0.2) is 4.79 Å². The molecule has 0 N–H and O–H groups in total.